The van der Waals surface area contributed by atoms with Crippen LogP contribution in [0.5, 0.6) is 0 Å². The minimum absolute atomic E-state index is 0.723. The molecule has 0 saturated carbocycles. The van der Waals surface area contributed by atoms with Crippen LogP contribution >= 0.6 is 11.3 Å². The van der Waals surface area contributed by atoms with Crippen molar-refractivity contribution in [3.8, 4) is 38.1 Å². The Morgan fingerprint density at radius 1 is 0.552 bits per heavy atom. The molecular formula is C27H17NS. The van der Waals surface area contributed by atoms with Crippen molar-refractivity contribution in [3.63, 3.8) is 0 Å². The zero-order valence-corrected chi connectivity index (χ0v) is 16.5. The molecular weight excluding hydrogens is 370 g/mol. The van der Waals surface area contributed by atoms with Gasteiger partial charge in [0.2, 0.25) is 0 Å². The summed E-state index contributed by atoms with van der Waals surface area (Å²) in [7, 11) is 0. The van der Waals surface area contributed by atoms with Gasteiger partial charge in [-0.3, -0.25) is 0 Å². The van der Waals surface area contributed by atoms with E-state index in [1.807, 2.05) is 36.4 Å². The first-order valence-corrected chi connectivity index (χ1v) is 10.3. The summed E-state index contributed by atoms with van der Waals surface area (Å²) < 4.78 is 0. The van der Waals surface area contributed by atoms with Gasteiger partial charge in [-0.25, -0.2) is 0 Å². The topological polar surface area (TPSA) is 23.8 Å². The van der Waals surface area contributed by atoms with Gasteiger partial charge in [0.1, 0.15) is 0 Å². The molecule has 0 aliphatic carbocycles. The zero-order valence-electron chi connectivity index (χ0n) is 15.7. The average Bonchev–Trinajstić information content (AvgIpc) is 3.20. The first-order valence-electron chi connectivity index (χ1n) is 9.52. The number of hydrogen-bond donors (Lipinski definition) is 0. The van der Waals surface area contributed by atoms with Crippen molar-refractivity contribution < 1.29 is 0 Å². The van der Waals surface area contributed by atoms with Gasteiger partial charge in [0.15, 0.2) is 0 Å². The lowest BCUT2D eigenvalue weighted by molar-refractivity contribution is 1.51. The Kier molecular flexibility index (Phi) is 4.44. The molecule has 136 valence electrons. The van der Waals surface area contributed by atoms with Crippen LogP contribution < -0.4 is 0 Å². The highest BCUT2D eigenvalue weighted by Gasteiger charge is 2.19. The minimum Gasteiger partial charge on any atom is -0.192 e. The highest BCUT2D eigenvalue weighted by molar-refractivity contribution is 7.21. The van der Waals surface area contributed by atoms with Crippen LogP contribution in [-0.4, -0.2) is 0 Å². The quantitative estimate of drug-likeness (QED) is 0.310. The van der Waals surface area contributed by atoms with Crippen LogP contribution in [0.15, 0.2) is 103 Å². The summed E-state index contributed by atoms with van der Waals surface area (Å²) in [5, 5.41) is 12.0. The van der Waals surface area contributed by atoms with Crippen molar-refractivity contribution in [3.05, 3.63) is 109 Å². The molecule has 0 fully saturated rings. The molecule has 4 aromatic carbocycles. The molecule has 0 aliphatic heterocycles. The molecule has 0 saturated heterocycles. The Morgan fingerprint density at radius 2 is 1.17 bits per heavy atom. The molecule has 29 heavy (non-hydrogen) atoms. The van der Waals surface area contributed by atoms with E-state index < -0.39 is 0 Å². The lowest BCUT2D eigenvalue weighted by Gasteiger charge is -2.09. The van der Waals surface area contributed by atoms with Crippen LogP contribution in [0.2, 0.25) is 0 Å². The molecule has 0 amide bonds. The highest BCUT2D eigenvalue weighted by Crippen LogP contribution is 2.47. The molecule has 0 N–H and O–H groups in total. The lowest BCUT2D eigenvalue weighted by Crippen LogP contribution is -1.83. The predicted octanol–water partition coefficient (Wildman–Crippen LogP) is 7.77. The van der Waals surface area contributed by atoms with E-state index in [2.05, 4.69) is 72.8 Å². The Bertz CT molecular complexity index is 1340. The normalized spacial score (nSPS) is 10.7. The molecule has 0 unspecified atom stereocenters. The second-order valence-electron chi connectivity index (χ2n) is 6.88. The van der Waals surface area contributed by atoms with Crippen LogP contribution in [0.1, 0.15) is 5.56 Å². The number of benzene rings is 4. The third-order valence-electron chi connectivity index (χ3n) is 5.15. The summed E-state index contributed by atoms with van der Waals surface area (Å²) in [5.41, 5.74) is 5.47. The number of hydrogen-bond acceptors (Lipinski definition) is 2. The number of rotatable bonds is 3. The molecule has 0 radical (unpaired) electrons. The van der Waals surface area contributed by atoms with E-state index in [9.17, 15) is 5.26 Å². The third kappa shape index (κ3) is 3.02. The fraction of sp³-hybridized carbons (Fsp3) is 0. The van der Waals surface area contributed by atoms with Crippen LogP contribution in [0, 0.1) is 11.3 Å². The van der Waals surface area contributed by atoms with E-state index in [1.165, 1.54) is 21.6 Å². The van der Waals surface area contributed by atoms with Crippen LogP contribution in [0.4, 0.5) is 0 Å². The maximum Gasteiger partial charge on any atom is 0.0998 e. The number of nitrogens with zero attached hydrogens (tertiary/aromatic N) is 1. The summed E-state index contributed by atoms with van der Waals surface area (Å²) in [4.78, 5) is 2.35. The van der Waals surface area contributed by atoms with Crippen molar-refractivity contribution >= 4 is 22.1 Å². The van der Waals surface area contributed by atoms with Crippen molar-refractivity contribution in [2.45, 2.75) is 0 Å². The van der Waals surface area contributed by atoms with Crippen LogP contribution in [0.25, 0.3) is 42.8 Å². The van der Waals surface area contributed by atoms with Gasteiger partial charge in [-0.1, -0.05) is 97.1 Å². The molecule has 1 aromatic heterocycles. The summed E-state index contributed by atoms with van der Waals surface area (Å²) in [6, 6.07) is 37.8. The molecule has 0 bridgehead atoms. The minimum atomic E-state index is 0.723. The molecule has 0 aliphatic rings. The van der Waals surface area contributed by atoms with E-state index in [-0.39, 0.29) is 0 Å². The van der Waals surface area contributed by atoms with E-state index >= 15 is 0 Å². The Balaban J connectivity index is 1.84. The number of thiophene rings is 1. The van der Waals surface area contributed by atoms with Crippen molar-refractivity contribution in [2.24, 2.45) is 0 Å². The Morgan fingerprint density at radius 3 is 1.86 bits per heavy atom. The number of nitriles is 1. The van der Waals surface area contributed by atoms with E-state index in [4.69, 9.17) is 0 Å². The van der Waals surface area contributed by atoms with Crippen molar-refractivity contribution in [2.75, 3.05) is 0 Å². The van der Waals surface area contributed by atoms with Gasteiger partial charge < -0.3 is 0 Å². The van der Waals surface area contributed by atoms with Crippen LogP contribution in [-0.2, 0) is 0 Å². The smallest absolute Gasteiger partial charge is 0.0998 e. The monoisotopic (exact) mass is 387 g/mol. The van der Waals surface area contributed by atoms with Gasteiger partial charge in [0.05, 0.1) is 11.6 Å². The van der Waals surface area contributed by atoms with Gasteiger partial charge >= 0.3 is 0 Å². The summed E-state index contributed by atoms with van der Waals surface area (Å²) in [5.74, 6) is 0. The highest BCUT2D eigenvalue weighted by atomic mass is 32.1. The second-order valence-corrected chi connectivity index (χ2v) is 7.90. The SMILES string of the molecule is N#Cc1cccc2c(-c3ccccc3-c3ccccc3)sc(-c3ccccc3)c12. The molecule has 0 spiro atoms. The maximum absolute atomic E-state index is 9.77. The molecule has 1 heterocycles. The predicted molar refractivity (Wildman–Crippen MR) is 123 cm³/mol. The number of fused-ring (bicyclic) bond motifs is 1. The Hall–Kier alpha value is -3.67. The van der Waals surface area contributed by atoms with E-state index in [0.717, 1.165) is 26.8 Å². The largest absolute Gasteiger partial charge is 0.192 e. The Labute approximate surface area is 174 Å². The lowest BCUT2D eigenvalue weighted by atomic mass is 9.95. The second kappa shape index (κ2) is 7.39. The molecule has 5 rings (SSSR count). The first kappa shape index (κ1) is 17.4. The van der Waals surface area contributed by atoms with Gasteiger partial charge in [0, 0.05) is 26.1 Å². The van der Waals surface area contributed by atoms with E-state index in [0.29, 0.717) is 0 Å². The van der Waals surface area contributed by atoms with Gasteiger partial charge in [-0.2, -0.15) is 5.26 Å². The fourth-order valence-electron chi connectivity index (χ4n) is 3.83. The molecule has 5 aromatic rings. The van der Waals surface area contributed by atoms with E-state index in [1.54, 1.807) is 11.3 Å². The van der Waals surface area contributed by atoms with Gasteiger partial charge in [-0.05, 0) is 22.8 Å². The summed E-state index contributed by atoms with van der Waals surface area (Å²) in [6.07, 6.45) is 0. The molecule has 0 atom stereocenters. The molecule has 1 nitrogen and oxygen atoms in total. The summed E-state index contributed by atoms with van der Waals surface area (Å²) in [6.45, 7) is 0. The zero-order chi connectivity index (χ0) is 19.6. The fourth-order valence-corrected chi connectivity index (χ4v) is 5.18. The standard InChI is InChI=1S/C27H17NS/c28-18-21-14-9-17-24-25(21)26(20-12-5-2-6-13-20)29-27(24)23-16-8-7-15-22(23)19-10-3-1-4-11-19/h1-17H. The van der Waals surface area contributed by atoms with Crippen LogP contribution in [0.3, 0.4) is 0 Å². The third-order valence-corrected chi connectivity index (χ3v) is 6.44. The summed E-state index contributed by atoms with van der Waals surface area (Å²) >= 11 is 1.77. The first-order chi connectivity index (χ1) is 14.4. The van der Waals surface area contributed by atoms with Gasteiger partial charge in [-0.15, -0.1) is 11.3 Å². The van der Waals surface area contributed by atoms with Crippen molar-refractivity contribution in [1.82, 2.24) is 0 Å². The average molecular weight is 388 g/mol. The maximum atomic E-state index is 9.77. The van der Waals surface area contributed by atoms with Gasteiger partial charge in [0.25, 0.3) is 0 Å². The molecule has 2 heteroatoms. The van der Waals surface area contributed by atoms with Crippen molar-refractivity contribution in [1.29, 1.82) is 5.26 Å².